The standard InChI is InChI=1S/C14H18N4OS/c1-14(9-15,10-2-3-10)17-12(19)8-20-13-16-6-7-18(13)11-4-5-11/h6-7,10-11H,2-5,8H2,1H3,(H,17,19). The van der Waals surface area contributed by atoms with Crippen LogP contribution in [0, 0.1) is 17.2 Å². The number of amides is 1. The summed E-state index contributed by atoms with van der Waals surface area (Å²) in [6.07, 6.45) is 8.21. The number of hydrogen-bond donors (Lipinski definition) is 1. The normalized spacial score (nSPS) is 21.0. The van der Waals surface area contributed by atoms with Crippen LogP contribution in [0.1, 0.15) is 38.6 Å². The fourth-order valence-electron chi connectivity index (χ4n) is 2.38. The molecule has 1 aromatic rings. The highest BCUT2D eigenvalue weighted by Gasteiger charge is 2.43. The first-order valence-corrected chi connectivity index (χ1v) is 7.99. The molecule has 1 unspecified atom stereocenters. The van der Waals surface area contributed by atoms with Gasteiger partial charge >= 0.3 is 0 Å². The Morgan fingerprint density at radius 3 is 2.95 bits per heavy atom. The van der Waals surface area contributed by atoms with Crippen LogP contribution in [-0.4, -0.2) is 26.8 Å². The molecule has 0 saturated heterocycles. The van der Waals surface area contributed by atoms with E-state index in [1.807, 2.05) is 13.1 Å². The van der Waals surface area contributed by atoms with Crippen LogP contribution in [0.4, 0.5) is 0 Å². The molecule has 1 N–H and O–H groups in total. The summed E-state index contributed by atoms with van der Waals surface area (Å²) in [4.78, 5) is 16.3. The lowest BCUT2D eigenvalue weighted by Gasteiger charge is -2.22. The molecule has 2 saturated carbocycles. The minimum atomic E-state index is -0.705. The van der Waals surface area contributed by atoms with Gasteiger partial charge in [0.05, 0.1) is 11.8 Å². The second kappa shape index (κ2) is 5.13. The number of nitrogens with one attached hydrogen (secondary N) is 1. The van der Waals surface area contributed by atoms with Crippen LogP contribution >= 0.6 is 11.8 Å². The Balaban J connectivity index is 1.54. The highest BCUT2D eigenvalue weighted by Crippen LogP contribution is 2.39. The van der Waals surface area contributed by atoms with Crippen molar-refractivity contribution in [1.82, 2.24) is 14.9 Å². The van der Waals surface area contributed by atoms with E-state index < -0.39 is 5.54 Å². The van der Waals surface area contributed by atoms with Gasteiger partial charge in [0, 0.05) is 18.4 Å². The van der Waals surface area contributed by atoms with E-state index in [0.717, 1.165) is 18.0 Å². The molecule has 0 bridgehead atoms. The maximum atomic E-state index is 12.0. The monoisotopic (exact) mass is 290 g/mol. The molecule has 2 aliphatic rings. The van der Waals surface area contributed by atoms with Gasteiger partial charge in [0.15, 0.2) is 5.16 Å². The number of rotatable bonds is 6. The van der Waals surface area contributed by atoms with E-state index >= 15 is 0 Å². The molecule has 3 rings (SSSR count). The van der Waals surface area contributed by atoms with Gasteiger partial charge in [-0.2, -0.15) is 5.26 Å². The Bertz CT molecular complexity index is 556. The lowest BCUT2D eigenvalue weighted by Crippen LogP contribution is -2.47. The number of nitriles is 1. The third-order valence-corrected chi connectivity index (χ3v) is 4.91. The maximum absolute atomic E-state index is 12.0. The summed E-state index contributed by atoms with van der Waals surface area (Å²) in [7, 11) is 0. The van der Waals surface area contributed by atoms with Crippen molar-refractivity contribution in [2.45, 2.75) is 49.3 Å². The van der Waals surface area contributed by atoms with Crippen LogP contribution in [0.2, 0.25) is 0 Å². The molecule has 20 heavy (non-hydrogen) atoms. The number of carbonyl (C=O) groups excluding carboxylic acids is 1. The van der Waals surface area contributed by atoms with E-state index in [2.05, 4.69) is 20.9 Å². The Labute approximate surface area is 122 Å². The average Bonchev–Trinajstić information content (AvgIpc) is 3.34. The second-order valence-corrected chi connectivity index (χ2v) is 6.72. The number of thioether (sulfide) groups is 1. The molecular weight excluding hydrogens is 272 g/mol. The molecule has 1 aromatic heterocycles. The third-order valence-electron chi connectivity index (χ3n) is 3.93. The highest BCUT2D eigenvalue weighted by molar-refractivity contribution is 7.99. The minimum Gasteiger partial charge on any atom is -0.337 e. The van der Waals surface area contributed by atoms with Crippen molar-refractivity contribution in [1.29, 1.82) is 5.26 Å². The molecule has 0 aliphatic heterocycles. The zero-order chi connectivity index (χ0) is 14.2. The number of hydrogen-bond acceptors (Lipinski definition) is 4. The molecule has 106 valence electrons. The number of aromatic nitrogens is 2. The molecule has 6 heteroatoms. The molecular formula is C14H18N4OS. The number of nitrogens with zero attached hydrogens (tertiary/aromatic N) is 3. The smallest absolute Gasteiger partial charge is 0.231 e. The van der Waals surface area contributed by atoms with Gasteiger partial charge in [-0.05, 0) is 38.5 Å². The number of imidazole rings is 1. The minimum absolute atomic E-state index is 0.0868. The predicted octanol–water partition coefficient (Wildman–Crippen LogP) is 2.12. The zero-order valence-corrected chi connectivity index (χ0v) is 12.3. The topological polar surface area (TPSA) is 70.7 Å². The van der Waals surface area contributed by atoms with Crippen LogP contribution in [0.15, 0.2) is 17.6 Å². The van der Waals surface area contributed by atoms with Gasteiger partial charge in [0.1, 0.15) is 5.54 Å². The molecule has 0 aromatic carbocycles. The van der Waals surface area contributed by atoms with Gasteiger partial charge in [-0.25, -0.2) is 4.98 Å². The summed E-state index contributed by atoms with van der Waals surface area (Å²) in [5.74, 6) is 0.541. The van der Waals surface area contributed by atoms with Crippen LogP contribution in [-0.2, 0) is 4.79 Å². The molecule has 1 atom stereocenters. The van der Waals surface area contributed by atoms with Gasteiger partial charge in [0.25, 0.3) is 0 Å². The van der Waals surface area contributed by atoms with E-state index in [1.165, 1.54) is 24.6 Å². The lowest BCUT2D eigenvalue weighted by atomic mass is 9.98. The highest BCUT2D eigenvalue weighted by atomic mass is 32.2. The molecule has 2 aliphatic carbocycles. The van der Waals surface area contributed by atoms with E-state index in [9.17, 15) is 10.1 Å². The van der Waals surface area contributed by atoms with Crippen LogP contribution in [0.5, 0.6) is 0 Å². The zero-order valence-electron chi connectivity index (χ0n) is 11.5. The molecule has 0 radical (unpaired) electrons. The summed E-state index contributed by atoms with van der Waals surface area (Å²) in [5.41, 5.74) is -0.705. The molecule has 1 heterocycles. The van der Waals surface area contributed by atoms with E-state index in [0.29, 0.717) is 17.7 Å². The third kappa shape index (κ3) is 2.83. The summed E-state index contributed by atoms with van der Waals surface area (Å²) >= 11 is 1.44. The van der Waals surface area contributed by atoms with E-state index in [1.54, 1.807) is 6.20 Å². The van der Waals surface area contributed by atoms with E-state index in [4.69, 9.17) is 0 Å². The van der Waals surface area contributed by atoms with Crippen LogP contribution in [0.3, 0.4) is 0 Å². The van der Waals surface area contributed by atoms with Crippen molar-refractivity contribution in [2.24, 2.45) is 5.92 Å². The van der Waals surface area contributed by atoms with Crippen molar-refractivity contribution in [3.63, 3.8) is 0 Å². The average molecular weight is 290 g/mol. The fraction of sp³-hybridized carbons (Fsp3) is 0.643. The molecule has 0 spiro atoms. The van der Waals surface area contributed by atoms with Crippen LogP contribution in [0.25, 0.3) is 0 Å². The summed E-state index contributed by atoms with van der Waals surface area (Å²) in [6.45, 7) is 1.82. The fourth-order valence-corrected chi connectivity index (χ4v) is 3.21. The van der Waals surface area contributed by atoms with Crippen molar-refractivity contribution in [3.05, 3.63) is 12.4 Å². The molecule has 5 nitrogen and oxygen atoms in total. The summed E-state index contributed by atoms with van der Waals surface area (Å²) in [6, 6.07) is 2.81. The van der Waals surface area contributed by atoms with Crippen molar-refractivity contribution in [2.75, 3.05) is 5.75 Å². The van der Waals surface area contributed by atoms with Gasteiger partial charge in [-0.3, -0.25) is 4.79 Å². The van der Waals surface area contributed by atoms with Gasteiger partial charge < -0.3 is 9.88 Å². The largest absolute Gasteiger partial charge is 0.337 e. The van der Waals surface area contributed by atoms with Crippen molar-refractivity contribution < 1.29 is 4.79 Å². The Hall–Kier alpha value is -1.48. The van der Waals surface area contributed by atoms with Crippen LogP contribution < -0.4 is 5.32 Å². The van der Waals surface area contributed by atoms with E-state index in [-0.39, 0.29) is 5.91 Å². The van der Waals surface area contributed by atoms with Gasteiger partial charge in [0.2, 0.25) is 5.91 Å². The first-order valence-electron chi connectivity index (χ1n) is 7.00. The van der Waals surface area contributed by atoms with Crippen molar-refractivity contribution >= 4 is 17.7 Å². The predicted molar refractivity (Wildman–Crippen MR) is 76.1 cm³/mol. The maximum Gasteiger partial charge on any atom is 0.231 e. The summed E-state index contributed by atoms with van der Waals surface area (Å²) < 4.78 is 2.14. The Morgan fingerprint density at radius 2 is 2.35 bits per heavy atom. The van der Waals surface area contributed by atoms with Gasteiger partial charge in [-0.1, -0.05) is 11.8 Å². The second-order valence-electron chi connectivity index (χ2n) is 5.77. The van der Waals surface area contributed by atoms with Gasteiger partial charge in [-0.15, -0.1) is 0 Å². The SMILES string of the molecule is CC(C#N)(NC(=O)CSc1nccn1C1CC1)C1CC1. The molecule has 1 amide bonds. The Kier molecular flexibility index (Phi) is 3.47. The first kappa shape index (κ1) is 13.5. The summed E-state index contributed by atoms with van der Waals surface area (Å²) in [5, 5.41) is 13.0. The van der Waals surface area contributed by atoms with Crippen molar-refractivity contribution in [3.8, 4) is 6.07 Å². The Morgan fingerprint density at radius 1 is 1.60 bits per heavy atom. The quantitative estimate of drug-likeness (QED) is 0.815. The lowest BCUT2D eigenvalue weighted by molar-refractivity contribution is -0.119. The molecule has 2 fully saturated rings. The first-order chi connectivity index (χ1) is 9.62. The number of carbonyl (C=O) groups is 1.